The Morgan fingerprint density at radius 3 is 2.95 bits per heavy atom. The fourth-order valence-corrected chi connectivity index (χ4v) is 3.90. The molecule has 108 valence electrons. The number of hydrogen-bond donors (Lipinski definition) is 0. The molecule has 3 fully saturated rings. The number of rotatable bonds is 1. The summed E-state index contributed by atoms with van der Waals surface area (Å²) in [6.07, 6.45) is 7.55. The molecule has 2 heterocycles. The first kappa shape index (κ1) is 12.9. The number of aromatic nitrogens is 1. The molecule has 0 N–H and O–H groups in total. The van der Waals surface area contributed by atoms with E-state index in [1.165, 1.54) is 12.8 Å². The van der Waals surface area contributed by atoms with Crippen LogP contribution < -0.4 is 0 Å². The molecule has 21 heavy (non-hydrogen) atoms. The maximum Gasteiger partial charge on any atom is 0.225 e. The van der Waals surface area contributed by atoms with Gasteiger partial charge in [0.25, 0.3) is 0 Å². The fourth-order valence-electron chi connectivity index (χ4n) is 3.90. The molecule has 4 rings (SSSR count). The summed E-state index contributed by atoms with van der Waals surface area (Å²) in [7, 11) is 0. The average molecular weight is 280 g/mol. The molecule has 1 aliphatic heterocycles. The van der Waals surface area contributed by atoms with Crippen molar-refractivity contribution in [3.8, 4) is 11.8 Å². The number of pyridine rings is 1. The van der Waals surface area contributed by atoms with Gasteiger partial charge in [-0.1, -0.05) is 24.8 Å². The maximum atomic E-state index is 12.5. The summed E-state index contributed by atoms with van der Waals surface area (Å²) in [6, 6.07) is 5.81. The van der Waals surface area contributed by atoms with E-state index in [-0.39, 0.29) is 5.41 Å². The van der Waals surface area contributed by atoms with E-state index in [0.29, 0.717) is 17.7 Å². The molecule has 0 aromatic carbocycles. The zero-order valence-corrected chi connectivity index (χ0v) is 12.2. The Kier molecular flexibility index (Phi) is 2.99. The highest BCUT2D eigenvalue weighted by molar-refractivity contribution is 5.80. The second kappa shape index (κ2) is 4.87. The monoisotopic (exact) mass is 280 g/mol. The molecule has 0 radical (unpaired) electrons. The quantitative estimate of drug-likeness (QED) is 0.740. The third-order valence-electron chi connectivity index (χ3n) is 5.27. The number of carbonyl (C=O) groups is 1. The smallest absolute Gasteiger partial charge is 0.225 e. The van der Waals surface area contributed by atoms with E-state index in [1.54, 1.807) is 6.20 Å². The largest absolute Gasteiger partial charge is 0.341 e. The molecule has 1 saturated heterocycles. The van der Waals surface area contributed by atoms with E-state index in [2.05, 4.69) is 21.7 Å². The van der Waals surface area contributed by atoms with Crippen LogP contribution in [0.1, 0.15) is 37.8 Å². The second-order valence-corrected chi connectivity index (χ2v) is 6.72. The van der Waals surface area contributed by atoms with Crippen LogP contribution in [0.5, 0.6) is 0 Å². The molecule has 2 aliphatic carbocycles. The summed E-state index contributed by atoms with van der Waals surface area (Å²) in [5.41, 5.74) is 0.907. The minimum absolute atomic E-state index is 0.0752. The van der Waals surface area contributed by atoms with E-state index >= 15 is 0 Å². The van der Waals surface area contributed by atoms with Crippen molar-refractivity contribution < 1.29 is 4.79 Å². The molecule has 1 aromatic rings. The Labute approximate surface area is 125 Å². The third kappa shape index (κ3) is 2.33. The Hall–Kier alpha value is -1.82. The molecular formula is C18H20N2O. The molecule has 2 unspecified atom stereocenters. The van der Waals surface area contributed by atoms with Crippen LogP contribution in [0.4, 0.5) is 0 Å². The number of piperidine rings is 1. The van der Waals surface area contributed by atoms with Gasteiger partial charge in [0.05, 0.1) is 5.41 Å². The van der Waals surface area contributed by atoms with Crippen LogP contribution in [0, 0.1) is 29.1 Å². The van der Waals surface area contributed by atoms with E-state index in [9.17, 15) is 4.79 Å². The maximum absolute atomic E-state index is 12.5. The first-order valence-corrected chi connectivity index (χ1v) is 8.00. The molecule has 3 aliphatic rings. The second-order valence-electron chi connectivity index (χ2n) is 6.72. The van der Waals surface area contributed by atoms with Gasteiger partial charge in [-0.3, -0.25) is 4.79 Å². The summed E-state index contributed by atoms with van der Waals surface area (Å²) in [5, 5.41) is 0. The summed E-state index contributed by atoms with van der Waals surface area (Å²) >= 11 is 0. The van der Waals surface area contributed by atoms with Crippen LogP contribution in [-0.2, 0) is 4.79 Å². The minimum atomic E-state index is 0.0752. The van der Waals surface area contributed by atoms with E-state index in [0.717, 1.165) is 38.0 Å². The van der Waals surface area contributed by atoms with Gasteiger partial charge in [0.2, 0.25) is 5.91 Å². The number of carbonyl (C=O) groups excluding carboxylic acids is 1. The van der Waals surface area contributed by atoms with Crippen molar-refractivity contribution in [2.24, 2.45) is 17.3 Å². The average Bonchev–Trinajstić information content (AvgIpc) is 2.92. The number of fused-ring (bicyclic) bond motifs is 1. The molecule has 2 atom stereocenters. The van der Waals surface area contributed by atoms with Crippen molar-refractivity contribution in [2.75, 3.05) is 13.1 Å². The van der Waals surface area contributed by atoms with Crippen LogP contribution in [0.3, 0.4) is 0 Å². The predicted molar refractivity (Wildman–Crippen MR) is 80.2 cm³/mol. The fraction of sp³-hybridized carbons (Fsp3) is 0.556. The Bertz CT molecular complexity index is 609. The molecule has 1 aromatic heterocycles. The van der Waals surface area contributed by atoms with Crippen molar-refractivity contribution >= 4 is 5.91 Å². The SMILES string of the molecule is O=C(C1CCCC1)N1CC2CC2(C#Cc2ccccn2)C1. The number of likely N-dealkylation sites (tertiary alicyclic amines) is 1. The lowest BCUT2D eigenvalue weighted by atomic mass is 10.1. The normalized spacial score (nSPS) is 30.7. The molecule has 3 heteroatoms. The predicted octanol–water partition coefficient (Wildman–Crippen LogP) is 2.47. The summed E-state index contributed by atoms with van der Waals surface area (Å²) in [4.78, 5) is 18.8. The van der Waals surface area contributed by atoms with Gasteiger partial charge in [0.15, 0.2) is 0 Å². The van der Waals surface area contributed by atoms with Crippen molar-refractivity contribution in [1.82, 2.24) is 9.88 Å². The molecule has 3 nitrogen and oxygen atoms in total. The van der Waals surface area contributed by atoms with Crippen molar-refractivity contribution in [3.05, 3.63) is 30.1 Å². The van der Waals surface area contributed by atoms with Gasteiger partial charge in [-0.25, -0.2) is 4.98 Å². The number of nitrogens with zero attached hydrogens (tertiary/aromatic N) is 2. The van der Waals surface area contributed by atoms with Crippen LogP contribution in [0.2, 0.25) is 0 Å². The van der Waals surface area contributed by atoms with Crippen LogP contribution in [0.25, 0.3) is 0 Å². The Morgan fingerprint density at radius 2 is 2.19 bits per heavy atom. The van der Waals surface area contributed by atoms with Gasteiger partial charge in [-0.15, -0.1) is 0 Å². The van der Waals surface area contributed by atoms with Gasteiger partial charge >= 0.3 is 0 Å². The van der Waals surface area contributed by atoms with Gasteiger partial charge in [0.1, 0.15) is 5.69 Å². The lowest BCUT2D eigenvalue weighted by molar-refractivity contribution is -0.134. The van der Waals surface area contributed by atoms with Crippen LogP contribution >= 0.6 is 0 Å². The standard InChI is InChI=1S/C18H20N2O/c21-17(14-5-1-2-6-14)20-12-15-11-18(15,13-20)9-8-16-7-3-4-10-19-16/h3-4,7,10,14-15H,1-2,5-6,11-13H2. The zero-order chi connectivity index (χ0) is 14.3. The lowest BCUT2D eigenvalue weighted by Gasteiger charge is -2.22. The highest BCUT2D eigenvalue weighted by atomic mass is 16.2. The van der Waals surface area contributed by atoms with Gasteiger partial charge in [-0.05, 0) is 43.2 Å². The van der Waals surface area contributed by atoms with Gasteiger partial charge in [0, 0.05) is 25.2 Å². The van der Waals surface area contributed by atoms with E-state index in [1.807, 2.05) is 18.2 Å². The van der Waals surface area contributed by atoms with Gasteiger partial charge < -0.3 is 4.90 Å². The highest BCUT2D eigenvalue weighted by Gasteiger charge is 2.60. The summed E-state index contributed by atoms with van der Waals surface area (Å²) in [5.74, 6) is 7.89. The minimum Gasteiger partial charge on any atom is -0.341 e. The number of hydrogen-bond acceptors (Lipinski definition) is 2. The third-order valence-corrected chi connectivity index (χ3v) is 5.27. The van der Waals surface area contributed by atoms with Crippen molar-refractivity contribution in [1.29, 1.82) is 0 Å². The first-order chi connectivity index (χ1) is 10.3. The topological polar surface area (TPSA) is 33.2 Å². The molecule has 1 amide bonds. The zero-order valence-electron chi connectivity index (χ0n) is 12.2. The number of amides is 1. The first-order valence-electron chi connectivity index (χ1n) is 8.00. The molecule has 0 spiro atoms. The Balaban J connectivity index is 1.45. The van der Waals surface area contributed by atoms with Crippen LogP contribution in [-0.4, -0.2) is 28.9 Å². The van der Waals surface area contributed by atoms with Crippen molar-refractivity contribution in [3.63, 3.8) is 0 Å². The molecule has 0 bridgehead atoms. The molecule has 2 saturated carbocycles. The van der Waals surface area contributed by atoms with Crippen LogP contribution in [0.15, 0.2) is 24.4 Å². The lowest BCUT2D eigenvalue weighted by Crippen LogP contribution is -2.35. The Morgan fingerprint density at radius 1 is 1.33 bits per heavy atom. The van der Waals surface area contributed by atoms with E-state index < -0.39 is 0 Å². The van der Waals surface area contributed by atoms with E-state index in [4.69, 9.17) is 0 Å². The van der Waals surface area contributed by atoms with Gasteiger partial charge in [-0.2, -0.15) is 0 Å². The summed E-state index contributed by atoms with van der Waals surface area (Å²) in [6.45, 7) is 1.76. The summed E-state index contributed by atoms with van der Waals surface area (Å²) < 4.78 is 0. The molecular weight excluding hydrogens is 260 g/mol. The highest BCUT2D eigenvalue weighted by Crippen LogP contribution is 2.57. The van der Waals surface area contributed by atoms with Crippen molar-refractivity contribution in [2.45, 2.75) is 32.1 Å².